The second kappa shape index (κ2) is 4.12. The van der Waals surface area contributed by atoms with Gasteiger partial charge in [0.2, 0.25) is 0 Å². The van der Waals surface area contributed by atoms with E-state index in [0.717, 1.165) is 24.8 Å². The lowest BCUT2D eigenvalue weighted by Gasteiger charge is -2.33. The van der Waals surface area contributed by atoms with E-state index in [0.29, 0.717) is 23.9 Å². The van der Waals surface area contributed by atoms with E-state index in [4.69, 9.17) is 4.42 Å². The molecule has 1 heterocycles. The summed E-state index contributed by atoms with van der Waals surface area (Å²) in [4.78, 5) is 16.0. The van der Waals surface area contributed by atoms with Crippen LogP contribution >= 0.6 is 0 Å². The smallest absolute Gasteiger partial charge is 0.314 e. The molecule has 1 N–H and O–H groups in total. The van der Waals surface area contributed by atoms with Crippen molar-refractivity contribution in [3.8, 4) is 0 Å². The quantitative estimate of drug-likeness (QED) is 0.882. The first kappa shape index (κ1) is 11.3. The van der Waals surface area contributed by atoms with Crippen LogP contribution in [0.3, 0.4) is 0 Å². The first-order valence-electron chi connectivity index (χ1n) is 6.30. The van der Waals surface area contributed by atoms with E-state index in [1.807, 2.05) is 18.2 Å². The minimum atomic E-state index is -0.783. The lowest BCUT2D eigenvalue weighted by molar-refractivity contribution is -0.145. The van der Waals surface area contributed by atoms with Crippen molar-refractivity contribution in [2.24, 2.45) is 0 Å². The molecule has 2 aromatic rings. The zero-order valence-electron chi connectivity index (χ0n) is 10.1. The molecule has 1 aliphatic carbocycles. The van der Waals surface area contributed by atoms with Gasteiger partial charge in [-0.1, -0.05) is 31.4 Å². The van der Waals surface area contributed by atoms with Crippen LogP contribution in [0.4, 0.5) is 0 Å². The van der Waals surface area contributed by atoms with Crippen molar-refractivity contribution in [1.82, 2.24) is 4.98 Å². The molecule has 94 valence electrons. The highest BCUT2D eigenvalue weighted by molar-refractivity contribution is 5.89. The predicted octanol–water partition coefficient (Wildman–Crippen LogP) is 3.11. The van der Waals surface area contributed by atoms with E-state index in [9.17, 15) is 9.90 Å². The van der Waals surface area contributed by atoms with Gasteiger partial charge in [-0.2, -0.15) is 0 Å². The Hall–Kier alpha value is -1.84. The molecule has 4 heteroatoms. The Labute approximate surface area is 105 Å². The fourth-order valence-corrected chi connectivity index (χ4v) is 3.03. The number of nitrogens with zero attached hydrogens (tertiary/aromatic N) is 1. The van der Waals surface area contributed by atoms with Crippen LogP contribution in [0.25, 0.3) is 11.1 Å². The number of fused-ring (bicyclic) bond motifs is 1. The minimum Gasteiger partial charge on any atom is -0.481 e. The number of rotatable bonds is 2. The molecule has 0 atom stereocenters. The first-order valence-corrected chi connectivity index (χ1v) is 6.30. The molecule has 1 aliphatic rings. The van der Waals surface area contributed by atoms with Gasteiger partial charge in [-0.25, -0.2) is 4.98 Å². The maximum atomic E-state index is 11.8. The van der Waals surface area contributed by atoms with Crippen molar-refractivity contribution in [1.29, 1.82) is 0 Å². The number of benzene rings is 1. The lowest BCUT2D eigenvalue weighted by Crippen LogP contribution is -2.38. The average molecular weight is 245 g/mol. The Kier molecular flexibility index (Phi) is 2.58. The van der Waals surface area contributed by atoms with Gasteiger partial charge in [0, 0.05) is 0 Å². The molecule has 1 aromatic heterocycles. The van der Waals surface area contributed by atoms with Gasteiger partial charge in [-0.05, 0) is 24.5 Å². The Morgan fingerprint density at radius 1 is 1.28 bits per heavy atom. The SMILES string of the molecule is O=C(O)C1(c2cccc3ocnc23)CCCCC1. The van der Waals surface area contributed by atoms with Crippen LogP contribution in [0.5, 0.6) is 0 Å². The van der Waals surface area contributed by atoms with Gasteiger partial charge in [0.05, 0.1) is 5.41 Å². The molecule has 18 heavy (non-hydrogen) atoms. The number of hydrogen-bond donors (Lipinski definition) is 1. The van der Waals surface area contributed by atoms with Gasteiger partial charge in [-0.3, -0.25) is 4.79 Å². The molecule has 0 bridgehead atoms. The Morgan fingerprint density at radius 2 is 2.06 bits per heavy atom. The highest BCUT2D eigenvalue weighted by Gasteiger charge is 2.42. The monoisotopic (exact) mass is 245 g/mol. The van der Waals surface area contributed by atoms with Crippen molar-refractivity contribution in [3.05, 3.63) is 30.2 Å². The van der Waals surface area contributed by atoms with Gasteiger partial charge in [-0.15, -0.1) is 0 Å². The van der Waals surface area contributed by atoms with Crippen LogP contribution in [0.1, 0.15) is 37.7 Å². The van der Waals surface area contributed by atoms with Crippen molar-refractivity contribution in [2.45, 2.75) is 37.5 Å². The van der Waals surface area contributed by atoms with Gasteiger partial charge >= 0.3 is 5.97 Å². The Bertz CT molecular complexity index is 581. The van der Waals surface area contributed by atoms with Gasteiger partial charge in [0.15, 0.2) is 12.0 Å². The first-order chi connectivity index (χ1) is 8.74. The largest absolute Gasteiger partial charge is 0.481 e. The Balaban J connectivity index is 2.20. The van der Waals surface area contributed by atoms with E-state index in [1.54, 1.807) is 0 Å². The Morgan fingerprint density at radius 3 is 2.78 bits per heavy atom. The summed E-state index contributed by atoms with van der Waals surface area (Å²) < 4.78 is 5.27. The van der Waals surface area contributed by atoms with E-state index < -0.39 is 11.4 Å². The highest BCUT2D eigenvalue weighted by Crippen LogP contribution is 2.42. The number of para-hydroxylation sites is 1. The topological polar surface area (TPSA) is 63.3 Å². The van der Waals surface area contributed by atoms with Crippen LogP contribution in [0, 0.1) is 0 Å². The third kappa shape index (κ3) is 1.52. The summed E-state index contributed by atoms with van der Waals surface area (Å²) in [5, 5.41) is 9.68. The normalized spacial score (nSPS) is 18.9. The van der Waals surface area contributed by atoms with E-state index in [2.05, 4.69) is 4.98 Å². The average Bonchev–Trinajstić information content (AvgIpc) is 2.87. The van der Waals surface area contributed by atoms with Crippen molar-refractivity contribution < 1.29 is 14.3 Å². The van der Waals surface area contributed by atoms with E-state index in [-0.39, 0.29) is 0 Å². The van der Waals surface area contributed by atoms with Crippen LogP contribution in [-0.4, -0.2) is 16.1 Å². The number of oxazole rings is 1. The molecule has 0 aliphatic heterocycles. The standard InChI is InChI=1S/C14H15NO3/c16-13(17)14(7-2-1-3-8-14)10-5-4-6-11-12(10)15-9-18-11/h4-6,9H,1-3,7-8H2,(H,16,17). The number of hydrogen-bond acceptors (Lipinski definition) is 3. The summed E-state index contributed by atoms with van der Waals surface area (Å²) in [7, 11) is 0. The van der Waals surface area contributed by atoms with Gasteiger partial charge < -0.3 is 9.52 Å². The number of carboxylic acid groups (broad SMARTS) is 1. The minimum absolute atomic E-state index is 0.665. The summed E-state index contributed by atoms with van der Waals surface area (Å²) in [6.07, 6.45) is 5.79. The predicted molar refractivity (Wildman–Crippen MR) is 66.4 cm³/mol. The molecule has 0 amide bonds. The number of carbonyl (C=O) groups is 1. The number of carboxylic acids is 1. The summed E-state index contributed by atoms with van der Waals surface area (Å²) in [5.74, 6) is -0.738. The summed E-state index contributed by atoms with van der Waals surface area (Å²) in [5.41, 5.74) is 1.38. The van der Waals surface area contributed by atoms with Crippen molar-refractivity contribution in [2.75, 3.05) is 0 Å². The zero-order chi connectivity index (χ0) is 12.6. The lowest BCUT2D eigenvalue weighted by atomic mass is 9.69. The molecule has 1 saturated carbocycles. The molecule has 0 unspecified atom stereocenters. The van der Waals surface area contributed by atoms with Crippen LogP contribution in [-0.2, 0) is 10.2 Å². The van der Waals surface area contributed by atoms with Gasteiger partial charge in [0.1, 0.15) is 5.52 Å². The summed E-state index contributed by atoms with van der Waals surface area (Å²) in [6, 6.07) is 5.55. The number of aromatic nitrogens is 1. The second-order valence-corrected chi connectivity index (χ2v) is 4.95. The molecule has 1 aromatic carbocycles. The van der Waals surface area contributed by atoms with Gasteiger partial charge in [0.25, 0.3) is 0 Å². The van der Waals surface area contributed by atoms with Crippen LogP contribution in [0.15, 0.2) is 29.0 Å². The number of aliphatic carboxylic acids is 1. The fraction of sp³-hybridized carbons (Fsp3) is 0.429. The molecule has 0 radical (unpaired) electrons. The van der Waals surface area contributed by atoms with Crippen LogP contribution < -0.4 is 0 Å². The molecule has 0 saturated heterocycles. The maximum absolute atomic E-state index is 11.8. The molecular weight excluding hydrogens is 230 g/mol. The second-order valence-electron chi connectivity index (χ2n) is 4.95. The van der Waals surface area contributed by atoms with Crippen molar-refractivity contribution in [3.63, 3.8) is 0 Å². The van der Waals surface area contributed by atoms with Crippen molar-refractivity contribution >= 4 is 17.1 Å². The third-order valence-corrected chi connectivity index (χ3v) is 3.99. The van der Waals surface area contributed by atoms with Crippen LogP contribution in [0.2, 0.25) is 0 Å². The zero-order valence-corrected chi connectivity index (χ0v) is 10.1. The third-order valence-electron chi connectivity index (χ3n) is 3.99. The maximum Gasteiger partial charge on any atom is 0.314 e. The molecular formula is C14H15NO3. The molecule has 3 rings (SSSR count). The molecule has 1 fully saturated rings. The molecule has 4 nitrogen and oxygen atoms in total. The van der Waals surface area contributed by atoms with E-state index in [1.165, 1.54) is 6.39 Å². The highest BCUT2D eigenvalue weighted by atomic mass is 16.4. The summed E-state index contributed by atoms with van der Waals surface area (Å²) >= 11 is 0. The summed E-state index contributed by atoms with van der Waals surface area (Å²) in [6.45, 7) is 0. The molecule has 0 spiro atoms. The van der Waals surface area contributed by atoms with E-state index >= 15 is 0 Å². The fourth-order valence-electron chi connectivity index (χ4n) is 3.03.